The smallest absolute Gasteiger partial charge is 0.169 e. The molecule has 0 spiro atoms. The van der Waals surface area contributed by atoms with Crippen molar-refractivity contribution < 1.29 is 0 Å². The lowest BCUT2D eigenvalue weighted by atomic mass is 9.87. The van der Waals surface area contributed by atoms with Crippen molar-refractivity contribution in [1.29, 1.82) is 0 Å². The maximum absolute atomic E-state index is 5.74. The standard InChI is InChI=1S/C27H48N4S2/c32-26(28-24-10-3-1-4-11-24)30-18-14-22(15-19-30)8-7-9-23-16-20-31(21-17-23)27(33)29-25-12-5-2-6-13-25/h22-25H,1-21H2,(H,28,32)(H,29,33). The fourth-order valence-electron chi connectivity index (χ4n) is 6.57. The van der Waals surface area contributed by atoms with Crippen molar-refractivity contribution in [3.05, 3.63) is 0 Å². The summed E-state index contributed by atoms with van der Waals surface area (Å²) in [7, 11) is 0. The Kier molecular flexibility index (Phi) is 10.4. The SMILES string of the molecule is S=C(NC1CCCCC1)N1CCC(CCCC2CCN(C(=S)NC3CCCCC3)CC2)CC1. The molecule has 2 saturated carbocycles. The van der Waals surface area contributed by atoms with Crippen LogP contribution in [-0.4, -0.2) is 58.3 Å². The summed E-state index contributed by atoms with van der Waals surface area (Å²) in [5.74, 6) is 1.82. The summed E-state index contributed by atoms with van der Waals surface area (Å²) in [6.45, 7) is 4.64. The second kappa shape index (κ2) is 13.5. The van der Waals surface area contributed by atoms with E-state index in [1.165, 1.54) is 109 Å². The molecule has 2 aliphatic carbocycles. The lowest BCUT2D eigenvalue weighted by molar-refractivity contribution is 0.223. The summed E-state index contributed by atoms with van der Waals surface area (Å²) in [5, 5.41) is 9.39. The monoisotopic (exact) mass is 492 g/mol. The summed E-state index contributed by atoms with van der Waals surface area (Å²) < 4.78 is 0. The molecule has 2 heterocycles. The van der Waals surface area contributed by atoms with Gasteiger partial charge in [-0.2, -0.15) is 0 Å². The lowest BCUT2D eigenvalue weighted by Gasteiger charge is -2.37. The molecule has 188 valence electrons. The minimum atomic E-state index is 0.632. The van der Waals surface area contributed by atoms with E-state index in [9.17, 15) is 0 Å². The molecule has 4 nitrogen and oxygen atoms in total. The largest absolute Gasteiger partial charge is 0.360 e. The van der Waals surface area contributed by atoms with E-state index in [4.69, 9.17) is 24.4 Å². The van der Waals surface area contributed by atoms with Crippen LogP contribution in [0.4, 0.5) is 0 Å². The molecule has 4 rings (SSSR count). The van der Waals surface area contributed by atoms with Gasteiger partial charge in [-0.15, -0.1) is 0 Å². The van der Waals surface area contributed by atoms with E-state index in [0.29, 0.717) is 12.1 Å². The predicted octanol–water partition coefficient (Wildman–Crippen LogP) is 6.00. The topological polar surface area (TPSA) is 30.5 Å². The van der Waals surface area contributed by atoms with Crippen LogP contribution in [0.2, 0.25) is 0 Å². The molecular formula is C27H48N4S2. The van der Waals surface area contributed by atoms with Crippen LogP contribution in [0.25, 0.3) is 0 Å². The van der Waals surface area contributed by atoms with E-state index in [2.05, 4.69) is 20.4 Å². The van der Waals surface area contributed by atoms with Crippen molar-refractivity contribution in [3.8, 4) is 0 Å². The Labute approximate surface area is 214 Å². The Morgan fingerprint density at radius 2 is 0.909 bits per heavy atom. The molecule has 2 aliphatic heterocycles. The second-order valence-electron chi connectivity index (χ2n) is 11.4. The number of thiocarbonyl (C=S) groups is 2. The van der Waals surface area contributed by atoms with Gasteiger partial charge in [-0.25, -0.2) is 0 Å². The number of likely N-dealkylation sites (tertiary alicyclic amines) is 2. The summed E-state index contributed by atoms with van der Waals surface area (Å²) in [6.07, 6.45) is 23.0. The third-order valence-electron chi connectivity index (χ3n) is 8.89. The van der Waals surface area contributed by atoms with Gasteiger partial charge >= 0.3 is 0 Å². The van der Waals surface area contributed by atoms with Crippen molar-refractivity contribution in [3.63, 3.8) is 0 Å². The van der Waals surface area contributed by atoms with Crippen molar-refractivity contribution in [1.82, 2.24) is 20.4 Å². The Morgan fingerprint density at radius 1 is 0.545 bits per heavy atom. The average Bonchev–Trinajstić information content (AvgIpc) is 2.86. The molecule has 0 aromatic carbocycles. The Hall–Kier alpha value is -0.620. The van der Waals surface area contributed by atoms with Gasteiger partial charge in [-0.3, -0.25) is 0 Å². The molecular weight excluding hydrogens is 444 g/mol. The Balaban J connectivity index is 1.05. The van der Waals surface area contributed by atoms with Crippen molar-refractivity contribution in [2.45, 2.75) is 121 Å². The van der Waals surface area contributed by atoms with Gasteiger partial charge in [0.15, 0.2) is 10.2 Å². The van der Waals surface area contributed by atoms with Gasteiger partial charge in [-0.05, 0) is 87.6 Å². The fourth-order valence-corrected chi connectivity index (χ4v) is 7.27. The first kappa shape index (κ1) is 25.5. The third kappa shape index (κ3) is 8.23. The molecule has 0 radical (unpaired) electrons. The maximum Gasteiger partial charge on any atom is 0.169 e. The zero-order valence-electron chi connectivity index (χ0n) is 20.9. The third-order valence-corrected chi connectivity index (χ3v) is 9.65. The first-order chi connectivity index (χ1) is 16.2. The number of piperidine rings is 2. The Morgan fingerprint density at radius 3 is 1.27 bits per heavy atom. The molecule has 0 aromatic heterocycles. The van der Waals surface area contributed by atoms with Crippen LogP contribution < -0.4 is 10.6 Å². The molecule has 0 unspecified atom stereocenters. The van der Waals surface area contributed by atoms with Gasteiger partial charge in [0.1, 0.15) is 0 Å². The zero-order chi connectivity index (χ0) is 22.9. The van der Waals surface area contributed by atoms with Crippen LogP contribution in [0.1, 0.15) is 109 Å². The summed E-state index contributed by atoms with van der Waals surface area (Å²) >= 11 is 11.5. The van der Waals surface area contributed by atoms with Crippen LogP contribution in [0.15, 0.2) is 0 Å². The van der Waals surface area contributed by atoms with Crippen LogP contribution in [0.5, 0.6) is 0 Å². The van der Waals surface area contributed by atoms with Gasteiger partial charge in [0, 0.05) is 38.3 Å². The van der Waals surface area contributed by atoms with E-state index in [1.807, 2.05) is 0 Å². The van der Waals surface area contributed by atoms with Crippen molar-refractivity contribution in [2.24, 2.45) is 11.8 Å². The van der Waals surface area contributed by atoms with Crippen LogP contribution in [0, 0.1) is 11.8 Å². The molecule has 0 aromatic rings. The minimum Gasteiger partial charge on any atom is -0.360 e. The molecule has 33 heavy (non-hydrogen) atoms. The molecule has 2 N–H and O–H groups in total. The lowest BCUT2D eigenvalue weighted by Crippen LogP contribution is -2.48. The summed E-state index contributed by atoms with van der Waals surface area (Å²) in [5.41, 5.74) is 0. The van der Waals surface area contributed by atoms with Gasteiger partial charge in [0.05, 0.1) is 0 Å². The molecule has 4 fully saturated rings. The number of nitrogens with zero attached hydrogens (tertiary/aromatic N) is 2. The van der Waals surface area contributed by atoms with E-state index >= 15 is 0 Å². The number of hydrogen-bond acceptors (Lipinski definition) is 2. The van der Waals surface area contributed by atoms with Gasteiger partial charge < -0.3 is 20.4 Å². The predicted molar refractivity (Wildman–Crippen MR) is 148 cm³/mol. The van der Waals surface area contributed by atoms with Crippen molar-refractivity contribution in [2.75, 3.05) is 26.2 Å². The highest BCUT2D eigenvalue weighted by atomic mass is 32.1. The molecule has 2 saturated heterocycles. The molecule has 6 heteroatoms. The normalized spacial score (nSPS) is 24.6. The van der Waals surface area contributed by atoms with Crippen LogP contribution in [0.3, 0.4) is 0 Å². The highest BCUT2D eigenvalue weighted by Crippen LogP contribution is 2.28. The van der Waals surface area contributed by atoms with Gasteiger partial charge in [0.2, 0.25) is 0 Å². The molecule has 4 aliphatic rings. The summed E-state index contributed by atoms with van der Waals surface area (Å²) in [4.78, 5) is 4.89. The minimum absolute atomic E-state index is 0.632. The first-order valence-electron chi connectivity index (χ1n) is 14.3. The van der Waals surface area contributed by atoms with Gasteiger partial charge in [0.25, 0.3) is 0 Å². The second-order valence-corrected chi connectivity index (χ2v) is 12.1. The van der Waals surface area contributed by atoms with E-state index < -0.39 is 0 Å². The maximum atomic E-state index is 5.74. The van der Waals surface area contributed by atoms with Crippen molar-refractivity contribution >= 4 is 34.7 Å². The highest BCUT2D eigenvalue weighted by molar-refractivity contribution is 7.80. The zero-order valence-corrected chi connectivity index (χ0v) is 22.5. The number of hydrogen-bond donors (Lipinski definition) is 2. The van der Waals surface area contributed by atoms with E-state index in [0.717, 1.165) is 48.2 Å². The van der Waals surface area contributed by atoms with E-state index in [-0.39, 0.29) is 0 Å². The van der Waals surface area contributed by atoms with Crippen LogP contribution >= 0.6 is 24.4 Å². The highest BCUT2D eigenvalue weighted by Gasteiger charge is 2.25. The molecule has 0 amide bonds. The van der Waals surface area contributed by atoms with Crippen LogP contribution in [-0.2, 0) is 0 Å². The van der Waals surface area contributed by atoms with E-state index in [1.54, 1.807) is 0 Å². The van der Waals surface area contributed by atoms with Gasteiger partial charge in [-0.1, -0.05) is 57.8 Å². The fraction of sp³-hybridized carbons (Fsp3) is 0.926. The molecule has 0 bridgehead atoms. The first-order valence-corrected chi connectivity index (χ1v) is 15.1. The Bertz CT molecular complexity index is 547. The average molecular weight is 493 g/mol. The quantitative estimate of drug-likeness (QED) is 0.443. The number of nitrogens with one attached hydrogen (secondary N) is 2. The molecule has 0 atom stereocenters. The summed E-state index contributed by atoms with van der Waals surface area (Å²) in [6, 6.07) is 1.26. The number of rotatable bonds is 6.